The molecule has 0 amide bonds. The minimum atomic E-state index is 0.224. The summed E-state index contributed by atoms with van der Waals surface area (Å²) in [6, 6.07) is 0.515. The fourth-order valence-corrected chi connectivity index (χ4v) is 2.38. The number of rotatable bonds is 3. The van der Waals surface area contributed by atoms with Gasteiger partial charge in [0.05, 0.1) is 6.04 Å². The van der Waals surface area contributed by atoms with Crippen molar-refractivity contribution >= 4 is 0 Å². The summed E-state index contributed by atoms with van der Waals surface area (Å²) in [4.78, 5) is 10.1. The van der Waals surface area contributed by atoms with Crippen molar-refractivity contribution in [1.29, 1.82) is 0 Å². The zero-order valence-electron chi connectivity index (χ0n) is 9.53. The largest absolute Gasteiger partial charge is 0.345 e. The van der Waals surface area contributed by atoms with E-state index in [1.54, 1.807) is 0 Å². The SMILES string of the molecule is CCCN1CC[C@H](N)[C@H]1c1ncc(C)[nH]1. The summed E-state index contributed by atoms with van der Waals surface area (Å²) in [6.45, 7) is 6.44. The Labute approximate surface area is 90.9 Å². The summed E-state index contributed by atoms with van der Waals surface area (Å²) < 4.78 is 0. The molecule has 1 saturated heterocycles. The lowest BCUT2D eigenvalue weighted by molar-refractivity contribution is 0.240. The third kappa shape index (κ3) is 2.06. The summed E-state index contributed by atoms with van der Waals surface area (Å²) in [6.07, 6.45) is 4.12. The number of nitrogens with one attached hydrogen (secondary N) is 1. The van der Waals surface area contributed by atoms with Gasteiger partial charge in [-0.25, -0.2) is 4.98 Å². The monoisotopic (exact) mass is 208 g/mol. The Balaban J connectivity index is 2.17. The van der Waals surface area contributed by atoms with E-state index >= 15 is 0 Å². The number of H-pyrrole nitrogens is 1. The van der Waals surface area contributed by atoms with Gasteiger partial charge in [0.1, 0.15) is 5.82 Å². The molecule has 0 radical (unpaired) electrons. The summed E-state index contributed by atoms with van der Waals surface area (Å²) >= 11 is 0. The maximum absolute atomic E-state index is 6.14. The van der Waals surface area contributed by atoms with Gasteiger partial charge in [-0.05, 0) is 26.3 Å². The van der Waals surface area contributed by atoms with Gasteiger partial charge < -0.3 is 10.7 Å². The van der Waals surface area contributed by atoms with E-state index in [2.05, 4.69) is 21.8 Å². The maximum Gasteiger partial charge on any atom is 0.125 e. The van der Waals surface area contributed by atoms with E-state index in [-0.39, 0.29) is 6.04 Å². The number of aromatic nitrogens is 2. The zero-order valence-corrected chi connectivity index (χ0v) is 9.53. The molecular weight excluding hydrogens is 188 g/mol. The first kappa shape index (κ1) is 10.6. The number of likely N-dealkylation sites (tertiary alicyclic amines) is 1. The Morgan fingerprint density at radius 1 is 1.67 bits per heavy atom. The van der Waals surface area contributed by atoms with Crippen molar-refractivity contribution in [2.75, 3.05) is 13.1 Å². The van der Waals surface area contributed by atoms with Gasteiger partial charge in [0.2, 0.25) is 0 Å². The van der Waals surface area contributed by atoms with Crippen LogP contribution in [0.5, 0.6) is 0 Å². The number of aryl methyl sites for hydroxylation is 1. The maximum atomic E-state index is 6.14. The highest BCUT2D eigenvalue weighted by Gasteiger charge is 2.33. The van der Waals surface area contributed by atoms with Gasteiger partial charge in [-0.1, -0.05) is 6.92 Å². The van der Waals surface area contributed by atoms with Crippen LogP contribution in [0, 0.1) is 6.92 Å². The average Bonchev–Trinajstić information content (AvgIpc) is 2.74. The molecule has 1 aliphatic rings. The Hall–Kier alpha value is -0.870. The van der Waals surface area contributed by atoms with Crippen LogP contribution in [0.2, 0.25) is 0 Å². The van der Waals surface area contributed by atoms with Crippen LogP contribution in [-0.2, 0) is 0 Å². The first-order valence-electron chi connectivity index (χ1n) is 5.73. The number of imidazole rings is 1. The number of hydrogen-bond donors (Lipinski definition) is 2. The molecule has 1 aromatic rings. The summed E-state index contributed by atoms with van der Waals surface area (Å²) in [7, 11) is 0. The Kier molecular flexibility index (Phi) is 3.07. The second-order valence-electron chi connectivity index (χ2n) is 4.38. The van der Waals surface area contributed by atoms with Crippen molar-refractivity contribution < 1.29 is 0 Å². The van der Waals surface area contributed by atoms with E-state index in [1.807, 2.05) is 13.1 Å². The highest BCUT2D eigenvalue weighted by atomic mass is 15.2. The molecule has 2 atom stereocenters. The third-order valence-corrected chi connectivity index (χ3v) is 3.06. The van der Waals surface area contributed by atoms with Crippen molar-refractivity contribution in [1.82, 2.24) is 14.9 Å². The van der Waals surface area contributed by atoms with Crippen LogP contribution < -0.4 is 5.73 Å². The molecule has 2 heterocycles. The molecule has 15 heavy (non-hydrogen) atoms. The molecule has 0 spiro atoms. The van der Waals surface area contributed by atoms with Gasteiger partial charge >= 0.3 is 0 Å². The van der Waals surface area contributed by atoms with Crippen LogP contribution in [0.4, 0.5) is 0 Å². The highest BCUT2D eigenvalue weighted by molar-refractivity contribution is 5.08. The molecule has 1 fully saturated rings. The van der Waals surface area contributed by atoms with Crippen LogP contribution in [-0.4, -0.2) is 34.0 Å². The number of aromatic amines is 1. The van der Waals surface area contributed by atoms with Crippen LogP contribution in [0.15, 0.2) is 6.20 Å². The van der Waals surface area contributed by atoms with E-state index < -0.39 is 0 Å². The standard InChI is InChI=1S/C11H20N4/c1-3-5-15-6-4-9(12)10(15)11-13-7-8(2)14-11/h7,9-10H,3-6,12H2,1-2H3,(H,13,14)/t9-,10-/m0/s1. The number of nitrogens with two attached hydrogens (primary N) is 1. The molecule has 4 nitrogen and oxygen atoms in total. The van der Waals surface area contributed by atoms with Crippen LogP contribution >= 0.6 is 0 Å². The van der Waals surface area contributed by atoms with Crippen molar-refractivity contribution in [3.8, 4) is 0 Å². The Morgan fingerprint density at radius 2 is 2.47 bits per heavy atom. The zero-order chi connectivity index (χ0) is 10.8. The van der Waals surface area contributed by atoms with E-state index in [1.165, 1.54) is 6.42 Å². The first-order valence-corrected chi connectivity index (χ1v) is 5.73. The van der Waals surface area contributed by atoms with Gasteiger partial charge in [-0.15, -0.1) is 0 Å². The lowest BCUT2D eigenvalue weighted by atomic mass is 10.1. The fourth-order valence-electron chi connectivity index (χ4n) is 2.38. The Morgan fingerprint density at radius 3 is 3.07 bits per heavy atom. The lowest BCUT2D eigenvalue weighted by Gasteiger charge is -2.24. The molecule has 1 aromatic heterocycles. The van der Waals surface area contributed by atoms with E-state index in [0.29, 0.717) is 6.04 Å². The van der Waals surface area contributed by atoms with Crippen LogP contribution in [0.1, 0.15) is 37.3 Å². The fraction of sp³-hybridized carbons (Fsp3) is 0.727. The molecule has 1 aliphatic heterocycles. The molecule has 84 valence electrons. The van der Waals surface area contributed by atoms with E-state index in [4.69, 9.17) is 5.73 Å². The van der Waals surface area contributed by atoms with Gasteiger partial charge in [0.25, 0.3) is 0 Å². The predicted molar refractivity (Wildman–Crippen MR) is 60.5 cm³/mol. The lowest BCUT2D eigenvalue weighted by Crippen LogP contribution is -2.33. The Bertz CT molecular complexity index is 318. The second-order valence-corrected chi connectivity index (χ2v) is 4.38. The third-order valence-electron chi connectivity index (χ3n) is 3.06. The topological polar surface area (TPSA) is 57.9 Å². The molecule has 0 unspecified atom stereocenters. The van der Waals surface area contributed by atoms with Gasteiger partial charge in [0, 0.05) is 24.5 Å². The predicted octanol–water partition coefficient (Wildman–Crippen LogP) is 1.20. The molecule has 0 aromatic carbocycles. The molecule has 0 aliphatic carbocycles. The van der Waals surface area contributed by atoms with Crippen molar-refractivity contribution in [2.24, 2.45) is 5.73 Å². The molecular formula is C11H20N4. The molecule has 4 heteroatoms. The number of nitrogens with zero attached hydrogens (tertiary/aromatic N) is 2. The highest BCUT2D eigenvalue weighted by Crippen LogP contribution is 2.29. The van der Waals surface area contributed by atoms with Crippen molar-refractivity contribution in [3.05, 3.63) is 17.7 Å². The second kappa shape index (κ2) is 4.33. The molecule has 3 N–H and O–H groups in total. The van der Waals surface area contributed by atoms with E-state index in [9.17, 15) is 0 Å². The van der Waals surface area contributed by atoms with E-state index in [0.717, 1.165) is 31.0 Å². The van der Waals surface area contributed by atoms with Crippen molar-refractivity contribution in [2.45, 2.75) is 38.8 Å². The minimum Gasteiger partial charge on any atom is -0.345 e. The van der Waals surface area contributed by atoms with Gasteiger partial charge in [-0.3, -0.25) is 4.90 Å². The number of hydrogen-bond acceptors (Lipinski definition) is 3. The molecule has 0 bridgehead atoms. The molecule has 2 rings (SSSR count). The summed E-state index contributed by atoms with van der Waals surface area (Å²) in [5.74, 6) is 1.03. The van der Waals surface area contributed by atoms with Crippen LogP contribution in [0.25, 0.3) is 0 Å². The minimum absolute atomic E-state index is 0.224. The average molecular weight is 208 g/mol. The quantitative estimate of drug-likeness (QED) is 0.784. The van der Waals surface area contributed by atoms with Crippen LogP contribution in [0.3, 0.4) is 0 Å². The first-order chi connectivity index (χ1) is 7.22. The normalized spacial score (nSPS) is 27.4. The van der Waals surface area contributed by atoms with Crippen molar-refractivity contribution in [3.63, 3.8) is 0 Å². The smallest absolute Gasteiger partial charge is 0.125 e. The van der Waals surface area contributed by atoms with Gasteiger partial charge in [0.15, 0.2) is 0 Å². The molecule has 0 saturated carbocycles. The summed E-state index contributed by atoms with van der Waals surface area (Å²) in [5, 5.41) is 0. The van der Waals surface area contributed by atoms with Gasteiger partial charge in [-0.2, -0.15) is 0 Å². The summed E-state index contributed by atoms with van der Waals surface area (Å²) in [5.41, 5.74) is 7.25.